The van der Waals surface area contributed by atoms with E-state index in [-0.39, 0.29) is 11.4 Å². The van der Waals surface area contributed by atoms with Crippen molar-refractivity contribution in [2.24, 2.45) is 0 Å². The third-order valence-corrected chi connectivity index (χ3v) is 5.85. The number of ether oxygens (including phenoxy) is 2. The van der Waals surface area contributed by atoms with Crippen LogP contribution >= 0.6 is 39.3 Å². The average Bonchev–Trinajstić information content (AvgIpc) is 2.95. The van der Waals surface area contributed by atoms with Gasteiger partial charge in [0.2, 0.25) is 5.91 Å². The van der Waals surface area contributed by atoms with Crippen LogP contribution in [0.1, 0.15) is 5.56 Å². The number of thioether (sulfide) groups is 1. The molecule has 0 bridgehead atoms. The van der Waals surface area contributed by atoms with Gasteiger partial charge in [0, 0.05) is 5.69 Å². The Labute approximate surface area is 190 Å². The first-order valence-electron chi connectivity index (χ1n) is 8.54. The summed E-state index contributed by atoms with van der Waals surface area (Å²) in [6, 6.07) is 10.0. The van der Waals surface area contributed by atoms with Gasteiger partial charge in [-0.1, -0.05) is 11.6 Å². The lowest BCUT2D eigenvalue weighted by Gasteiger charge is -2.12. The van der Waals surface area contributed by atoms with E-state index in [4.69, 9.17) is 21.1 Å². The number of carbonyl (C=O) groups excluding carboxylic acids is 3. The van der Waals surface area contributed by atoms with Crippen LogP contribution in [0.2, 0.25) is 5.02 Å². The fourth-order valence-corrected chi connectivity index (χ4v) is 4.56. The van der Waals surface area contributed by atoms with Gasteiger partial charge in [-0.2, -0.15) is 0 Å². The maximum atomic E-state index is 12.6. The number of benzene rings is 2. The highest BCUT2D eigenvalue weighted by atomic mass is 79.9. The summed E-state index contributed by atoms with van der Waals surface area (Å²) < 4.78 is 10.8. The van der Waals surface area contributed by atoms with Gasteiger partial charge in [0.25, 0.3) is 11.1 Å². The van der Waals surface area contributed by atoms with E-state index in [1.54, 1.807) is 49.6 Å². The first kappa shape index (κ1) is 22.2. The molecule has 0 unspecified atom stereocenters. The molecule has 156 valence electrons. The number of hydrogen-bond acceptors (Lipinski definition) is 6. The van der Waals surface area contributed by atoms with Gasteiger partial charge in [0.1, 0.15) is 12.3 Å². The van der Waals surface area contributed by atoms with Crippen molar-refractivity contribution in [3.63, 3.8) is 0 Å². The maximum Gasteiger partial charge on any atom is 0.294 e. The van der Waals surface area contributed by atoms with Crippen molar-refractivity contribution in [2.75, 3.05) is 26.1 Å². The van der Waals surface area contributed by atoms with Crippen LogP contribution in [-0.4, -0.2) is 42.7 Å². The molecule has 3 amide bonds. The molecule has 1 saturated heterocycles. The lowest BCUT2D eigenvalue weighted by molar-refractivity contribution is -0.127. The molecule has 1 N–H and O–H groups in total. The first-order valence-corrected chi connectivity index (χ1v) is 10.5. The Morgan fingerprint density at radius 2 is 1.90 bits per heavy atom. The Kier molecular flexibility index (Phi) is 7.06. The molecule has 0 spiro atoms. The van der Waals surface area contributed by atoms with E-state index in [1.165, 1.54) is 7.11 Å². The van der Waals surface area contributed by atoms with E-state index in [0.29, 0.717) is 32.2 Å². The van der Waals surface area contributed by atoms with Crippen LogP contribution < -0.4 is 14.8 Å². The SMILES string of the molecule is COc1ccc(NC(=O)CN2C(=O)S/C(=C/c3cc(Cl)c(OC)c(Br)c3)C2=O)cc1. The smallest absolute Gasteiger partial charge is 0.294 e. The van der Waals surface area contributed by atoms with Crippen molar-refractivity contribution in [3.05, 3.63) is 56.4 Å². The highest BCUT2D eigenvalue weighted by Crippen LogP contribution is 2.37. The third kappa shape index (κ3) is 4.97. The Morgan fingerprint density at radius 1 is 1.20 bits per heavy atom. The van der Waals surface area contributed by atoms with Gasteiger partial charge >= 0.3 is 0 Å². The van der Waals surface area contributed by atoms with Crippen molar-refractivity contribution in [3.8, 4) is 11.5 Å². The Bertz CT molecular complexity index is 1020. The van der Waals surface area contributed by atoms with Crippen molar-refractivity contribution in [2.45, 2.75) is 0 Å². The van der Waals surface area contributed by atoms with E-state index >= 15 is 0 Å². The topological polar surface area (TPSA) is 84.9 Å². The number of amides is 3. The summed E-state index contributed by atoms with van der Waals surface area (Å²) in [5, 5.41) is 2.49. The minimum atomic E-state index is -0.544. The van der Waals surface area contributed by atoms with E-state index < -0.39 is 17.1 Å². The highest BCUT2D eigenvalue weighted by molar-refractivity contribution is 9.10. The second kappa shape index (κ2) is 9.55. The van der Waals surface area contributed by atoms with Gasteiger partial charge < -0.3 is 14.8 Å². The van der Waals surface area contributed by atoms with E-state index in [9.17, 15) is 14.4 Å². The van der Waals surface area contributed by atoms with Crippen molar-refractivity contribution >= 4 is 68.1 Å². The minimum Gasteiger partial charge on any atom is -0.497 e. The molecule has 0 aromatic heterocycles. The molecule has 7 nitrogen and oxygen atoms in total. The van der Waals surface area contributed by atoms with Crippen LogP contribution in [0.25, 0.3) is 6.08 Å². The summed E-state index contributed by atoms with van der Waals surface area (Å²) in [6.45, 7) is -0.388. The molecule has 0 aliphatic carbocycles. The zero-order valence-corrected chi connectivity index (χ0v) is 19.1. The molecule has 3 rings (SSSR count). The fourth-order valence-electron chi connectivity index (χ4n) is 2.66. The molecule has 10 heteroatoms. The molecule has 2 aromatic rings. The summed E-state index contributed by atoms with van der Waals surface area (Å²) in [7, 11) is 3.04. The van der Waals surface area contributed by atoms with Crippen LogP contribution in [0, 0.1) is 0 Å². The molecule has 1 heterocycles. The average molecular weight is 512 g/mol. The minimum absolute atomic E-state index is 0.199. The van der Waals surface area contributed by atoms with Gasteiger partial charge in [0.15, 0.2) is 5.75 Å². The molecule has 0 atom stereocenters. The highest BCUT2D eigenvalue weighted by Gasteiger charge is 2.36. The predicted octanol–water partition coefficient (Wildman–Crippen LogP) is 4.79. The summed E-state index contributed by atoms with van der Waals surface area (Å²) in [5.41, 5.74) is 1.14. The summed E-state index contributed by atoms with van der Waals surface area (Å²) >= 11 is 10.3. The standard InChI is InChI=1S/C20H16BrClN2O5S/c1-28-13-5-3-12(4-6-13)23-17(25)10-24-19(26)16(30-20(24)27)9-11-7-14(21)18(29-2)15(22)8-11/h3-9H,10H2,1-2H3,(H,23,25)/b16-9+. The van der Waals surface area contributed by atoms with E-state index in [1.807, 2.05) is 0 Å². The lowest BCUT2D eigenvalue weighted by Crippen LogP contribution is -2.36. The maximum absolute atomic E-state index is 12.6. The lowest BCUT2D eigenvalue weighted by atomic mass is 10.2. The van der Waals surface area contributed by atoms with Crippen molar-refractivity contribution in [1.29, 1.82) is 0 Å². The summed E-state index contributed by atoms with van der Waals surface area (Å²) in [6.07, 6.45) is 1.54. The summed E-state index contributed by atoms with van der Waals surface area (Å²) in [4.78, 5) is 38.3. The quantitative estimate of drug-likeness (QED) is 0.561. The molecule has 0 saturated carbocycles. The molecule has 0 radical (unpaired) electrons. The number of methoxy groups -OCH3 is 2. The largest absolute Gasteiger partial charge is 0.497 e. The predicted molar refractivity (Wildman–Crippen MR) is 120 cm³/mol. The second-order valence-corrected chi connectivity index (χ2v) is 8.32. The number of anilines is 1. The zero-order chi connectivity index (χ0) is 21.8. The monoisotopic (exact) mass is 510 g/mol. The molecular formula is C20H16BrClN2O5S. The number of halogens is 2. The van der Waals surface area contributed by atoms with E-state index in [2.05, 4.69) is 21.2 Å². The fraction of sp³-hybridized carbons (Fsp3) is 0.150. The van der Waals surface area contributed by atoms with Gasteiger partial charge in [-0.05, 0) is 75.7 Å². The van der Waals surface area contributed by atoms with Crippen LogP contribution in [0.4, 0.5) is 10.5 Å². The normalized spacial score (nSPS) is 14.9. The number of rotatable bonds is 6. The molecule has 2 aromatic carbocycles. The first-order chi connectivity index (χ1) is 14.3. The number of nitrogens with one attached hydrogen (secondary N) is 1. The van der Waals surface area contributed by atoms with Crippen LogP contribution in [0.3, 0.4) is 0 Å². The molecular weight excluding hydrogens is 496 g/mol. The van der Waals surface area contributed by atoms with Crippen LogP contribution in [-0.2, 0) is 9.59 Å². The van der Waals surface area contributed by atoms with Crippen LogP contribution in [0.15, 0.2) is 45.8 Å². The zero-order valence-electron chi connectivity index (χ0n) is 15.9. The number of nitrogens with zero attached hydrogens (tertiary/aromatic N) is 1. The van der Waals surface area contributed by atoms with Gasteiger partial charge in [-0.3, -0.25) is 19.3 Å². The molecule has 1 fully saturated rings. The molecule has 30 heavy (non-hydrogen) atoms. The Balaban J connectivity index is 1.71. The van der Waals surface area contributed by atoms with Crippen LogP contribution in [0.5, 0.6) is 11.5 Å². The van der Waals surface area contributed by atoms with Crippen molar-refractivity contribution in [1.82, 2.24) is 4.90 Å². The van der Waals surface area contributed by atoms with Gasteiger partial charge in [-0.15, -0.1) is 0 Å². The number of carbonyl (C=O) groups is 3. The van der Waals surface area contributed by atoms with E-state index in [0.717, 1.165) is 16.7 Å². The molecule has 1 aliphatic rings. The summed E-state index contributed by atoms with van der Waals surface area (Å²) in [5.74, 6) is 0.0865. The van der Waals surface area contributed by atoms with Crippen molar-refractivity contribution < 1.29 is 23.9 Å². The third-order valence-electron chi connectivity index (χ3n) is 4.07. The van der Waals surface area contributed by atoms with Gasteiger partial charge in [0.05, 0.1) is 28.6 Å². The molecule has 1 aliphatic heterocycles. The van der Waals surface area contributed by atoms with Gasteiger partial charge in [-0.25, -0.2) is 0 Å². The Morgan fingerprint density at radius 3 is 2.50 bits per heavy atom. The number of hydrogen-bond donors (Lipinski definition) is 1. The number of imide groups is 1. The second-order valence-electron chi connectivity index (χ2n) is 6.06. The Hall–Kier alpha value is -2.49.